The number of ether oxygens (including phenoxy) is 1. The largest absolute Gasteiger partial charge is 0.507 e. The molecule has 3 heteroatoms. The summed E-state index contributed by atoms with van der Waals surface area (Å²) in [5, 5.41) is 10.9. The first-order chi connectivity index (χ1) is 10.5. The fourth-order valence-corrected chi connectivity index (χ4v) is 3.67. The second kappa shape index (κ2) is 5.85. The minimum atomic E-state index is -0.142. The van der Waals surface area contributed by atoms with Crippen molar-refractivity contribution in [2.45, 2.75) is 71.6 Å². The number of benzene rings is 1. The van der Waals surface area contributed by atoms with E-state index >= 15 is 0 Å². The molecule has 23 heavy (non-hydrogen) atoms. The van der Waals surface area contributed by atoms with E-state index in [0.717, 1.165) is 24.0 Å². The van der Waals surface area contributed by atoms with E-state index in [4.69, 9.17) is 4.74 Å². The third kappa shape index (κ3) is 3.39. The number of methoxy groups -OCH3 is 1. The normalized spacial score (nSPS) is 18.5. The molecule has 0 fully saturated rings. The minimum Gasteiger partial charge on any atom is -0.507 e. The summed E-state index contributed by atoms with van der Waals surface area (Å²) in [4.78, 5) is 11.9. The summed E-state index contributed by atoms with van der Waals surface area (Å²) < 4.78 is 4.94. The van der Waals surface area contributed by atoms with Gasteiger partial charge in [-0.15, -0.1) is 0 Å². The highest BCUT2D eigenvalue weighted by Gasteiger charge is 2.34. The maximum Gasteiger partial charge on any atom is 0.309 e. The molecule has 1 aliphatic carbocycles. The Morgan fingerprint density at radius 2 is 1.78 bits per heavy atom. The molecule has 0 spiro atoms. The van der Waals surface area contributed by atoms with Crippen LogP contribution in [0, 0.1) is 5.92 Å². The fraction of sp³-hybridized carbons (Fsp3) is 0.650. The lowest BCUT2D eigenvalue weighted by Gasteiger charge is -2.34. The van der Waals surface area contributed by atoms with Crippen LogP contribution < -0.4 is 0 Å². The molecule has 0 radical (unpaired) electrons. The van der Waals surface area contributed by atoms with Gasteiger partial charge in [-0.3, -0.25) is 4.79 Å². The molecule has 1 unspecified atom stereocenters. The lowest BCUT2D eigenvalue weighted by molar-refractivity contribution is -0.145. The van der Waals surface area contributed by atoms with Crippen LogP contribution in [-0.2, 0) is 33.2 Å². The van der Waals surface area contributed by atoms with Crippen LogP contribution in [0.5, 0.6) is 5.75 Å². The Labute approximate surface area is 140 Å². The highest BCUT2D eigenvalue weighted by Crippen LogP contribution is 2.45. The summed E-state index contributed by atoms with van der Waals surface area (Å²) in [5.41, 5.74) is 4.16. The molecule has 2 rings (SSSR count). The Morgan fingerprint density at radius 1 is 1.17 bits per heavy atom. The topological polar surface area (TPSA) is 46.5 Å². The maximum absolute atomic E-state index is 11.9. The lowest BCUT2D eigenvalue weighted by Crippen LogP contribution is -2.28. The van der Waals surface area contributed by atoms with Crippen LogP contribution in [0.4, 0.5) is 0 Å². The standard InChI is InChI=1S/C20H30O3/c1-19(2,3)15-11-13-10-12(18(22)23-7)8-9-14(13)16(17(15)21)20(4,5)6/h11-12,21H,8-10H2,1-7H3. The Hall–Kier alpha value is -1.51. The molecule has 3 nitrogen and oxygen atoms in total. The number of carbonyl (C=O) groups is 1. The molecular weight excluding hydrogens is 288 g/mol. The number of rotatable bonds is 1. The summed E-state index contributed by atoms with van der Waals surface area (Å²) in [7, 11) is 1.45. The fourth-order valence-electron chi connectivity index (χ4n) is 3.67. The van der Waals surface area contributed by atoms with Gasteiger partial charge in [0.1, 0.15) is 5.75 Å². The average Bonchev–Trinajstić information content (AvgIpc) is 2.42. The third-order valence-corrected chi connectivity index (χ3v) is 4.80. The number of aromatic hydroxyl groups is 1. The van der Waals surface area contributed by atoms with E-state index in [0.29, 0.717) is 12.2 Å². The van der Waals surface area contributed by atoms with Gasteiger partial charge >= 0.3 is 5.97 Å². The van der Waals surface area contributed by atoms with E-state index in [1.54, 1.807) is 0 Å². The molecule has 1 aromatic carbocycles. The highest BCUT2D eigenvalue weighted by molar-refractivity contribution is 5.73. The predicted molar refractivity (Wildman–Crippen MR) is 93.0 cm³/mol. The number of hydrogen-bond acceptors (Lipinski definition) is 3. The lowest BCUT2D eigenvalue weighted by atomic mass is 9.71. The van der Waals surface area contributed by atoms with Crippen molar-refractivity contribution in [3.8, 4) is 5.75 Å². The van der Waals surface area contributed by atoms with E-state index in [9.17, 15) is 9.90 Å². The molecule has 1 aromatic rings. The number of hydrogen-bond donors (Lipinski definition) is 1. The SMILES string of the molecule is COC(=O)C1CCc2c(cc(C(C)(C)C)c(O)c2C(C)(C)C)C1. The molecule has 0 heterocycles. The number of fused-ring (bicyclic) bond motifs is 1. The van der Waals surface area contributed by atoms with Gasteiger partial charge in [-0.05, 0) is 46.8 Å². The summed E-state index contributed by atoms with van der Waals surface area (Å²) in [5.74, 6) is 0.233. The van der Waals surface area contributed by atoms with Crippen LogP contribution in [0.15, 0.2) is 6.07 Å². The molecule has 0 saturated carbocycles. The Kier molecular flexibility index (Phi) is 4.53. The predicted octanol–water partition coefficient (Wildman–Crippen LogP) is 4.27. The molecule has 0 bridgehead atoms. The quantitative estimate of drug-likeness (QED) is 0.787. The van der Waals surface area contributed by atoms with Crippen LogP contribution in [0.3, 0.4) is 0 Å². The first kappa shape index (κ1) is 17.8. The second-order valence-electron chi connectivity index (χ2n) is 8.75. The molecule has 0 saturated heterocycles. The van der Waals surface area contributed by atoms with Crippen molar-refractivity contribution in [2.24, 2.45) is 5.92 Å². The van der Waals surface area contributed by atoms with Crippen molar-refractivity contribution in [3.05, 3.63) is 28.3 Å². The molecule has 0 aromatic heterocycles. The Morgan fingerprint density at radius 3 is 2.26 bits per heavy atom. The zero-order valence-corrected chi connectivity index (χ0v) is 15.5. The number of phenols is 1. The smallest absolute Gasteiger partial charge is 0.309 e. The Bertz CT molecular complexity index is 615. The van der Waals surface area contributed by atoms with Crippen LogP contribution in [-0.4, -0.2) is 18.2 Å². The van der Waals surface area contributed by atoms with Crippen molar-refractivity contribution in [1.82, 2.24) is 0 Å². The zero-order chi connectivity index (χ0) is 17.6. The van der Waals surface area contributed by atoms with E-state index < -0.39 is 0 Å². The maximum atomic E-state index is 11.9. The Balaban J connectivity index is 2.64. The van der Waals surface area contributed by atoms with Gasteiger partial charge in [0, 0.05) is 5.56 Å². The third-order valence-electron chi connectivity index (χ3n) is 4.80. The summed E-state index contributed by atoms with van der Waals surface area (Å²) >= 11 is 0. The van der Waals surface area contributed by atoms with E-state index in [1.807, 2.05) is 0 Å². The van der Waals surface area contributed by atoms with Crippen LogP contribution >= 0.6 is 0 Å². The average molecular weight is 318 g/mol. The highest BCUT2D eigenvalue weighted by atomic mass is 16.5. The van der Waals surface area contributed by atoms with E-state index in [-0.39, 0.29) is 22.7 Å². The van der Waals surface area contributed by atoms with Crippen molar-refractivity contribution >= 4 is 5.97 Å². The molecule has 1 N–H and O–H groups in total. The van der Waals surface area contributed by atoms with Gasteiger partial charge in [-0.25, -0.2) is 0 Å². The second-order valence-corrected chi connectivity index (χ2v) is 8.75. The van der Waals surface area contributed by atoms with E-state index in [1.165, 1.54) is 18.2 Å². The minimum absolute atomic E-state index is 0.0716. The molecule has 1 atom stereocenters. The van der Waals surface area contributed by atoms with Crippen molar-refractivity contribution < 1.29 is 14.6 Å². The van der Waals surface area contributed by atoms with Gasteiger partial charge in [-0.2, -0.15) is 0 Å². The van der Waals surface area contributed by atoms with Gasteiger partial charge in [0.15, 0.2) is 0 Å². The number of esters is 1. The number of carbonyl (C=O) groups excluding carboxylic acids is 1. The molecule has 0 amide bonds. The van der Waals surface area contributed by atoms with Gasteiger partial charge in [0.25, 0.3) is 0 Å². The molecule has 0 aliphatic heterocycles. The van der Waals surface area contributed by atoms with Crippen LogP contribution in [0.25, 0.3) is 0 Å². The molecule has 128 valence electrons. The van der Waals surface area contributed by atoms with Gasteiger partial charge in [0.05, 0.1) is 13.0 Å². The first-order valence-electron chi connectivity index (χ1n) is 8.43. The summed E-state index contributed by atoms with van der Waals surface area (Å²) in [6.07, 6.45) is 2.31. The van der Waals surface area contributed by atoms with Gasteiger partial charge in [-0.1, -0.05) is 47.6 Å². The zero-order valence-electron chi connectivity index (χ0n) is 15.5. The van der Waals surface area contributed by atoms with Crippen molar-refractivity contribution in [2.75, 3.05) is 7.11 Å². The monoisotopic (exact) mass is 318 g/mol. The van der Waals surface area contributed by atoms with Crippen molar-refractivity contribution in [1.29, 1.82) is 0 Å². The molecular formula is C20H30O3. The van der Waals surface area contributed by atoms with Gasteiger partial charge < -0.3 is 9.84 Å². The molecule has 1 aliphatic rings. The van der Waals surface area contributed by atoms with Crippen LogP contribution in [0.1, 0.15) is 70.2 Å². The van der Waals surface area contributed by atoms with E-state index in [2.05, 4.69) is 47.6 Å². The van der Waals surface area contributed by atoms with Gasteiger partial charge in [0.2, 0.25) is 0 Å². The number of phenolic OH excluding ortho intramolecular Hbond substituents is 1. The summed E-state index contributed by atoms with van der Waals surface area (Å²) in [6.45, 7) is 12.8. The first-order valence-corrected chi connectivity index (χ1v) is 8.43. The van der Waals surface area contributed by atoms with Crippen LogP contribution in [0.2, 0.25) is 0 Å². The summed E-state index contributed by atoms with van der Waals surface area (Å²) in [6, 6.07) is 2.11. The van der Waals surface area contributed by atoms with Crippen molar-refractivity contribution in [3.63, 3.8) is 0 Å².